The molecule has 6 heteroatoms. The molecule has 1 aliphatic carbocycles. The van der Waals surface area contributed by atoms with E-state index in [1.54, 1.807) is 0 Å². The molecule has 5 nitrogen and oxygen atoms in total. The van der Waals surface area contributed by atoms with Crippen LogP contribution in [0, 0.1) is 12.8 Å². The van der Waals surface area contributed by atoms with Crippen molar-refractivity contribution in [1.29, 1.82) is 0 Å². The number of hydrogen-bond acceptors (Lipinski definition) is 4. The van der Waals surface area contributed by atoms with Gasteiger partial charge in [-0.15, -0.1) is 12.4 Å². The van der Waals surface area contributed by atoms with Gasteiger partial charge in [-0.3, -0.25) is 4.79 Å². The molecule has 3 rings (SSSR count). The second kappa shape index (κ2) is 8.52. The summed E-state index contributed by atoms with van der Waals surface area (Å²) >= 11 is 0. The summed E-state index contributed by atoms with van der Waals surface area (Å²) in [6.45, 7) is 5.26. The first kappa shape index (κ1) is 18.0. The molecule has 2 aliphatic rings. The smallest absolute Gasteiger partial charge is 0.250 e. The number of rotatable bonds is 6. The predicted octanol–water partition coefficient (Wildman–Crippen LogP) is 1.81. The van der Waals surface area contributed by atoms with Gasteiger partial charge < -0.3 is 20.1 Å². The number of benzene rings is 1. The quantitative estimate of drug-likeness (QED) is 0.829. The number of carbonyl (C=O) groups is 1. The van der Waals surface area contributed by atoms with Gasteiger partial charge in [0, 0.05) is 25.2 Å². The predicted molar refractivity (Wildman–Crippen MR) is 91.1 cm³/mol. The number of morpholine rings is 1. The Morgan fingerprint density at radius 1 is 1.43 bits per heavy atom. The molecular weight excluding hydrogens is 316 g/mol. The van der Waals surface area contributed by atoms with Crippen molar-refractivity contribution in [1.82, 2.24) is 10.6 Å². The molecule has 0 aromatic heterocycles. The van der Waals surface area contributed by atoms with Crippen LogP contribution in [0.1, 0.15) is 24.0 Å². The van der Waals surface area contributed by atoms with Crippen molar-refractivity contribution in [3.63, 3.8) is 0 Å². The second-order valence-electron chi connectivity index (χ2n) is 6.15. The van der Waals surface area contributed by atoms with E-state index < -0.39 is 6.10 Å². The van der Waals surface area contributed by atoms with Crippen LogP contribution in [0.2, 0.25) is 0 Å². The molecule has 1 amide bonds. The first-order valence-corrected chi connectivity index (χ1v) is 8.05. The lowest BCUT2D eigenvalue weighted by Gasteiger charge is -2.23. The largest absolute Gasteiger partial charge is 0.493 e. The number of carbonyl (C=O) groups excluding carboxylic acids is 1. The summed E-state index contributed by atoms with van der Waals surface area (Å²) in [5.74, 6) is 1.53. The molecule has 1 aromatic carbocycles. The highest BCUT2D eigenvalue weighted by Gasteiger charge is 2.23. The molecular formula is C17H25ClN2O3. The minimum Gasteiger partial charge on any atom is -0.493 e. The molecule has 0 spiro atoms. The number of amides is 1. The van der Waals surface area contributed by atoms with E-state index in [1.807, 2.05) is 25.1 Å². The third-order valence-corrected chi connectivity index (χ3v) is 4.07. The summed E-state index contributed by atoms with van der Waals surface area (Å²) < 4.78 is 11.4. The zero-order chi connectivity index (χ0) is 15.4. The molecule has 1 saturated heterocycles. The van der Waals surface area contributed by atoms with Gasteiger partial charge in [0.05, 0.1) is 13.2 Å². The van der Waals surface area contributed by atoms with Gasteiger partial charge >= 0.3 is 0 Å². The van der Waals surface area contributed by atoms with Gasteiger partial charge in [-0.1, -0.05) is 12.1 Å². The van der Waals surface area contributed by atoms with Gasteiger partial charge in [-0.2, -0.15) is 0 Å². The number of hydrogen-bond donors (Lipinski definition) is 2. The van der Waals surface area contributed by atoms with Crippen LogP contribution in [0.3, 0.4) is 0 Å². The van der Waals surface area contributed by atoms with Crippen molar-refractivity contribution in [3.8, 4) is 5.75 Å². The Balaban J connectivity index is 0.00000192. The maximum atomic E-state index is 12.1. The molecule has 23 heavy (non-hydrogen) atoms. The summed E-state index contributed by atoms with van der Waals surface area (Å²) in [5.41, 5.74) is 2.18. The molecule has 1 heterocycles. The highest BCUT2D eigenvalue weighted by atomic mass is 35.5. The molecule has 1 aliphatic heterocycles. The highest BCUT2D eigenvalue weighted by molar-refractivity contribution is 5.85. The Kier molecular flexibility index (Phi) is 6.69. The van der Waals surface area contributed by atoms with Crippen molar-refractivity contribution >= 4 is 18.3 Å². The van der Waals surface area contributed by atoms with Crippen LogP contribution in [0.25, 0.3) is 0 Å². The van der Waals surface area contributed by atoms with Crippen molar-refractivity contribution < 1.29 is 14.3 Å². The SMILES string of the molecule is Cc1ccc(CNC(=O)C2CNCCO2)c(OCC2CC2)c1.Cl. The molecule has 1 unspecified atom stereocenters. The number of ether oxygens (including phenoxy) is 2. The van der Waals surface area contributed by atoms with Crippen molar-refractivity contribution in [2.45, 2.75) is 32.4 Å². The van der Waals surface area contributed by atoms with Crippen LogP contribution < -0.4 is 15.4 Å². The Morgan fingerprint density at radius 3 is 2.96 bits per heavy atom. The minimum absolute atomic E-state index is 0. The first-order valence-electron chi connectivity index (χ1n) is 8.05. The van der Waals surface area contributed by atoms with E-state index in [4.69, 9.17) is 9.47 Å². The summed E-state index contributed by atoms with van der Waals surface area (Å²) in [7, 11) is 0. The number of aryl methyl sites for hydroxylation is 1. The maximum Gasteiger partial charge on any atom is 0.250 e. The van der Waals surface area contributed by atoms with E-state index in [-0.39, 0.29) is 18.3 Å². The van der Waals surface area contributed by atoms with Crippen LogP contribution in [0.15, 0.2) is 18.2 Å². The van der Waals surface area contributed by atoms with Crippen molar-refractivity contribution in [3.05, 3.63) is 29.3 Å². The topological polar surface area (TPSA) is 59.6 Å². The normalized spacial score (nSPS) is 20.5. The molecule has 0 radical (unpaired) electrons. The van der Waals surface area contributed by atoms with Gasteiger partial charge in [0.2, 0.25) is 0 Å². The van der Waals surface area contributed by atoms with Gasteiger partial charge in [-0.25, -0.2) is 0 Å². The average Bonchev–Trinajstić information content (AvgIpc) is 3.37. The number of nitrogens with one attached hydrogen (secondary N) is 2. The summed E-state index contributed by atoms with van der Waals surface area (Å²) in [4.78, 5) is 12.1. The van der Waals surface area contributed by atoms with Gasteiger partial charge in [0.15, 0.2) is 0 Å². The third kappa shape index (κ3) is 5.37. The standard InChI is InChI=1S/C17H24N2O3.ClH/c1-12-2-5-14(15(8-12)22-11-13-3-4-13)9-19-17(20)16-10-18-6-7-21-16;/h2,5,8,13,16,18H,3-4,6-7,9-11H2,1H3,(H,19,20);1H. The highest BCUT2D eigenvalue weighted by Crippen LogP contribution is 2.30. The van der Waals surface area contributed by atoms with E-state index >= 15 is 0 Å². The fourth-order valence-corrected chi connectivity index (χ4v) is 2.46. The van der Waals surface area contributed by atoms with E-state index in [9.17, 15) is 4.79 Å². The fraction of sp³-hybridized carbons (Fsp3) is 0.588. The van der Waals surface area contributed by atoms with Crippen molar-refractivity contribution in [2.24, 2.45) is 5.92 Å². The van der Waals surface area contributed by atoms with E-state index in [2.05, 4.69) is 10.6 Å². The minimum atomic E-state index is -0.393. The van der Waals surface area contributed by atoms with Gasteiger partial charge in [0.1, 0.15) is 11.9 Å². The molecule has 2 N–H and O–H groups in total. The van der Waals surface area contributed by atoms with Crippen molar-refractivity contribution in [2.75, 3.05) is 26.3 Å². The Morgan fingerprint density at radius 2 is 2.26 bits per heavy atom. The van der Waals surface area contributed by atoms with E-state index in [1.165, 1.54) is 18.4 Å². The number of halogens is 1. The second-order valence-corrected chi connectivity index (χ2v) is 6.15. The van der Waals surface area contributed by atoms with Crippen LogP contribution in [0.4, 0.5) is 0 Å². The van der Waals surface area contributed by atoms with Crippen LogP contribution in [-0.2, 0) is 16.1 Å². The summed E-state index contributed by atoms with van der Waals surface area (Å²) in [6.07, 6.45) is 2.14. The Bertz CT molecular complexity index is 529. The van der Waals surface area contributed by atoms with Crippen LogP contribution in [-0.4, -0.2) is 38.3 Å². The van der Waals surface area contributed by atoms with E-state index in [0.29, 0.717) is 25.6 Å². The Labute approximate surface area is 143 Å². The Hall–Kier alpha value is -1.30. The lowest BCUT2D eigenvalue weighted by Crippen LogP contribution is -2.47. The zero-order valence-corrected chi connectivity index (χ0v) is 14.3. The molecule has 0 bridgehead atoms. The zero-order valence-electron chi connectivity index (χ0n) is 13.5. The lowest BCUT2D eigenvalue weighted by atomic mass is 10.1. The monoisotopic (exact) mass is 340 g/mol. The molecule has 128 valence electrons. The van der Waals surface area contributed by atoms with Crippen LogP contribution >= 0.6 is 12.4 Å². The summed E-state index contributed by atoms with van der Waals surface area (Å²) in [6, 6.07) is 6.12. The lowest BCUT2D eigenvalue weighted by molar-refractivity contribution is -0.134. The van der Waals surface area contributed by atoms with Gasteiger partial charge in [0.25, 0.3) is 5.91 Å². The molecule has 2 fully saturated rings. The summed E-state index contributed by atoms with van der Waals surface area (Å²) in [5, 5.41) is 6.11. The third-order valence-electron chi connectivity index (χ3n) is 4.07. The first-order chi connectivity index (χ1) is 10.7. The average molecular weight is 341 g/mol. The van der Waals surface area contributed by atoms with Crippen LogP contribution in [0.5, 0.6) is 5.75 Å². The maximum absolute atomic E-state index is 12.1. The van der Waals surface area contributed by atoms with Gasteiger partial charge in [-0.05, 0) is 37.3 Å². The molecule has 1 aromatic rings. The fourth-order valence-electron chi connectivity index (χ4n) is 2.46. The molecule has 1 saturated carbocycles. The molecule has 1 atom stereocenters. The van der Waals surface area contributed by atoms with E-state index in [0.717, 1.165) is 24.5 Å².